The molecule has 152 valence electrons. The van der Waals surface area contributed by atoms with Crippen molar-refractivity contribution in [3.8, 4) is 11.1 Å². The predicted octanol–water partition coefficient (Wildman–Crippen LogP) is 2.08. The van der Waals surface area contributed by atoms with E-state index in [0.29, 0.717) is 11.4 Å². The average Bonchev–Trinajstić information content (AvgIpc) is 2.74. The fraction of sp³-hybridized carbons (Fsp3) is 0.333. The molecule has 28 heavy (non-hydrogen) atoms. The number of hydrogen-bond donors (Lipinski definition) is 3. The van der Waals surface area contributed by atoms with Gasteiger partial charge in [-0.3, -0.25) is 10.1 Å². The summed E-state index contributed by atoms with van der Waals surface area (Å²) in [7, 11) is 2.64. The molecule has 4 N–H and O–H groups in total. The smallest absolute Gasteiger partial charge is 0.240 e. The van der Waals surface area contributed by atoms with Crippen LogP contribution in [0.15, 0.2) is 48.5 Å². The Morgan fingerprint density at radius 2 is 1.86 bits per heavy atom. The zero-order valence-corrected chi connectivity index (χ0v) is 17.2. The lowest BCUT2D eigenvalue weighted by Crippen LogP contribution is -2.50. The van der Waals surface area contributed by atoms with Gasteiger partial charge in [-0.15, -0.1) is 0 Å². The number of carbonyl (C=O) groups is 2. The summed E-state index contributed by atoms with van der Waals surface area (Å²) in [5.74, 6) is -0.139. The number of aliphatic hydroxyl groups is 1. The Labute approximate surface area is 171 Å². The van der Waals surface area contributed by atoms with Crippen molar-refractivity contribution in [2.24, 2.45) is 5.73 Å². The molecule has 2 aromatic carbocycles. The molecule has 6 nitrogen and oxygen atoms in total. The number of aldehydes is 1. The first-order valence-corrected chi connectivity index (χ1v) is 9.28. The van der Waals surface area contributed by atoms with E-state index < -0.39 is 12.1 Å². The van der Waals surface area contributed by atoms with Crippen LogP contribution >= 0.6 is 11.6 Å². The minimum Gasteiger partial charge on any atom is -0.400 e. The molecule has 0 spiro atoms. The van der Waals surface area contributed by atoms with Crippen molar-refractivity contribution < 1.29 is 14.7 Å². The SMILES string of the molecule is CO.C[C@@H](C=O)NC(Cc1ccc(-c2cccc(Cl)c2)cc1)C(=O)N(C)CN. The molecule has 0 aliphatic heterocycles. The van der Waals surface area contributed by atoms with Gasteiger partial charge in [0.15, 0.2) is 0 Å². The lowest BCUT2D eigenvalue weighted by Gasteiger charge is -2.25. The highest BCUT2D eigenvalue weighted by Crippen LogP contribution is 2.23. The van der Waals surface area contributed by atoms with Crippen molar-refractivity contribution in [1.82, 2.24) is 10.2 Å². The molecule has 0 heterocycles. The van der Waals surface area contributed by atoms with Gasteiger partial charge in [-0.1, -0.05) is 48.0 Å². The van der Waals surface area contributed by atoms with E-state index in [9.17, 15) is 9.59 Å². The Morgan fingerprint density at radius 3 is 2.39 bits per heavy atom. The quantitative estimate of drug-likeness (QED) is 0.461. The van der Waals surface area contributed by atoms with Gasteiger partial charge in [0.25, 0.3) is 0 Å². The summed E-state index contributed by atoms with van der Waals surface area (Å²) in [5, 5.41) is 10.7. The van der Waals surface area contributed by atoms with Crippen molar-refractivity contribution in [2.45, 2.75) is 25.4 Å². The van der Waals surface area contributed by atoms with Crippen molar-refractivity contribution in [3.05, 3.63) is 59.1 Å². The molecule has 2 atom stereocenters. The zero-order chi connectivity index (χ0) is 21.1. The van der Waals surface area contributed by atoms with Gasteiger partial charge in [0.05, 0.1) is 18.8 Å². The summed E-state index contributed by atoms with van der Waals surface area (Å²) >= 11 is 6.05. The van der Waals surface area contributed by atoms with Gasteiger partial charge in [0.1, 0.15) is 6.29 Å². The third-order valence-corrected chi connectivity index (χ3v) is 4.40. The topological polar surface area (TPSA) is 95.7 Å². The lowest BCUT2D eigenvalue weighted by molar-refractivity contribution is -0.132. The number of nitrogens with two attached hydrogens (primary N) is 1. The van der Waals surface area contributed by atoms with Crippen LogP contribution in [-0.4, -0.2) is 55.1 Å². The van der Waals surface area contributed by atoms with E-state index in [1.807, 2.05) is 48.5 Å². The van der Waals surface area contributed by atoms with Crippen molar-refractivity contribution in [2.75, 3.05) is 20.8 Å². The Bertz CT molecular complexity index is 753. The number of rotatable bonds is 8. The van der Waals surface area contributed by atoms with E-state index in [0.717, 1.165) is 30.1 Å². The molecule has 0 aliphatic carbocycles. The number of nitrogens with zero attached hydrogens (tertiary/aromatic N) is 1. The van der Waals surface area contributed by atoms with Crippen LogP contribution in [0.3, 0.4) is 0 Å². The Kier molecular flexibility index (Phi) is 10.4. The first-order chi connectivity index (χ1) is 13.4. The largest absolute Gasteiger partial charge is 0.400 e. The molecule has 1 unspecified atom stereocenters. The molecule has 2 aromatic rings. The second kappa shape index (κ2) is 12.3. The molecule has 0 saturated heterocycles. The first-order valence-electron chi connectivity index (χ1n) is 8.90. The summed E-state index contributed by atoms with van der Waals surface area (Å²) in [6.07, 6.45) is 1.25. The standard InChI is InChI=1S/C20H24ClN3O2.CH4O/c1-14(12-25)23-19(20(26)24(2)13-22)10-15-6-8-16(9-7-15)17-4-3-5-18(21)11-17;1-2/h3-9,11-12,14,19,23H,10,13,22H2,1-2H3;2H,1H3/t14-,19?;/m0./s1. The molecule has 0 aliphatic rings. The molecule has 0 saturated carbocycles. The summed E-state index contributed by atoms with van der Waals surface area (Å²) < 4.78 is 0. The lowest BCUT2D eigenvalue weighted by atomic mass is 10.00. The minimum atomic E-state index is -0.513. The highest BCUT2D eigenvalue weighted by atomic mass is 35.5. The Balaban J connectivity index is 0.00000190. The maximum Gasteiger partial charge on any atom is 0.240 e. The second-order valence-electron chi connectivity index (χ2n) is 6.27. The number of halogens is 1. The van der Waals surface area contributed by atoms with E-state index in [1.54, 1.807) is 14.0 Å². The van der Waals surface area contributed by atoms with E-state index in [-0.39, 0.29) is 12.6 Å². The van der Waals surface area contributed by atoms with Crippen LogP contribution in [0.2, 0.25) is 5.02 Å². The number of hydrogen-bond acceptors (Lipinski definition) is 5. The van der Waals surface area contributed by atoms with Gasteiger partial charge in [0.2, 0.25) is 5.91 Å². The summed E-state index contributed by atoms with van der Waals surface area (Å²) in [6, 6.07) is 14.7. The molecule has 0 aromatic heterocycles. The third kappa shape index (κ3) is 7.05. The average molecular weight is 406 g/mol. The van der Waals surface area contributed by atoms with E-state index >= 15 is 0 Å². The van der Waals surface area contributed by atoms with E-state index in [4.69, 9.17) is 22.4 Å². The van der Waals surface area contributed by atoms with Crippen molar-refractivity contribution in [1.29, 1.82) is 0 Å². The van der Waals surface area contributed by atoms with Crippen LogP contribution in [0.1, 0.15) is 12.5 Å². The van der Waals surface area contributed by atoms with Crippen LogP contribution in [0.5, 0.6) is 0 Å². The van der Waals surface area contributed by atoms with Gasteiger partial charge in [-0.25, -0.2) is 0 Å². The molecule has 0 radical (unpaired) electrons. The molecule has 0 bridgehead atoms. The molecular weight excluding hydrogens is 378 g/mol. The molecule has 1 amide bonds. The number of nitrogens with one attached hydrogen (secondary N) is 1. The van der Waals surface area contributed by atoms with E-state index in [2.05, 4.69) is 5.32 Å². The van der Waals surface area contributed by atoms with Gasteiger partial charge in [-0.05, 0) is 42.2 Å². The normalized spacial score (nSPS) is 12.4. The maximum atomic E-state index is 12.5. The van der Waals surface area contributed by atoms with Crippen LogP contribution in [0.4, 0.5) is 0 Å². The molecule has 2 rings (SSSR count). The zero-order valence-electron chi connectivity index (χ0n) is 16.4. The minimum absolute atomic E-state index is 0.125. The van der Waals surface area contributed by atoms with Gasteiger partial charge < -0.3 is 20.5 Å². The van der Waals surface area contributed by atoms with Crippen LogP contribution in [0, 0.1) is 0 Å². The molecule has 7 heteroatoms. The Morgan fingerprint density at radius 1 is 1.21 bits per heavy atom. The number of amides is 1. The summed E-state index contributed by atoms with van der Waals surface area (Å²) in [6.45, 7) is 1.85. The van der Waals surface area contributed by atoms with Gasteiger partial charge in [0, 0.05) is 19.2 Å². The fourth-order valence-corrected chi connectivity index (χ4v) is 2.86. The van der Waals surface area contributed by atoms with Gasteiger partial charge in [-0.2, -0.15) is 0 Å². The van der Waals surface area contributed by atoms with Crippen LogP contribution in [0.25, 0.3) is 11.1 Å². The predicted molar refractivity (Wildman–Crippen MR) is 113 cm³/mol. The van der Waals surface area contributed by atoms with Crippen molar-refractivity contribution in [3.63, 3.8) is 0 Å². The first kappa shape index (κ1) is 23.8. The van der Waals surface area contributed by atoms with Crippen LogP contribution in [-0.2, 0) is 16.0 Å². The summed E-state index contributed by atoms with van der Waals surface area (Å²) in [4.78, 5) is 24.9. The van der Waals surface area contributed by atoms with E-state index in [1.165, 1.54) is 4.90 Å². The van der Waals surface area contributed by atoms with Crippen molar-refractivity contribution >= 4 is 23.8 Å². The maximum absolute atomic E-state index is 12.5. The second-order valence-corrected chi connectivity index (χ2v) is 6.71. The molecular formula is C21H28ClN3O3. The van der Waals surface area contributed by atoms with Crippen LogP contribution < -0.4 is 11.1 Å². The summed E-state index contributed by atoms with van der Waals surface area (Å²) in [5.41, 5.74) is 8.63. The number of benzene rings is 2. The highest BCUT2D eigenvalue weighted by Gasteiger charge is 2.23. The molecule has 0 fully saturated rings. The fourth-order valence-electron chi connectivity index (χ4n) is 2.67. The number of aliphatic hydroxyl groups excluding tert-OH is 1. The highest BCUT2D eigenvalue weighted by molar-refractivity contribution is 6.30. The number of carbonyl (C=O) groups excluding carboxylic acids is 2. The number of likely N-dealkylation sites (N-methyl/N-ethyl adjacent to an activating group) is 1. The van der Waals surface area contributed by atoms with Gasteiger partial charge >= 0.3 is 0 Å². The Hall–Kier alpha value is -2.25. The monoisotopic (exact) mass is 405 g/mol. The third-order valence-electron chi connectivity index (χ3n) is 4.17.